The molecule has 0 aromatic carbocycles. The van der Waals surface area contributed by atoms with Gasteiger partial charge in [-0.15, -0.1) is 0 Å². The van der Waals surface area contributed by atoms with Crippen molar-refractivity contribution >= 4 is 0 Å². The van der Waals surface area contributed by atoms with Crippen LogP contribution in [-0.2, 0) is 6.54 Å². The summed E-state index contributed by atoms with van der Waals surface area (Å²) < 4.78 is 0. The molecule has 1 aliphatic carbocycles. The molecule has 2 N–H and O–H groups in total. The second kappa shape index (κ2) is 6.68. The average molecular weight is 275 g/mol. The number of piperazine rings is 1. The lowest BCUT2D eigenvalue weighted by atomic mass is 9.86. The average Bonchev–Trinajstić information content (AvgIpc) is 2.49. The lowest BCUT2D eigenvalue weighted by Gasteiger charge is -2.37. The standard InChI is InChI=1S/C17H27N3/c1-15-3-2-4-17(13-15)20-11-9-19(10-12-20)14-16-5-7-18-8-6-16/h5-8,15,17H,2-4,9-14H2,1H3/p+2. The Bertz CT molecular complexity index is 398. The van der Waals surface area contributed by atoms with E-state index in [2.05, 4.69) is 24.0 Å². The summed E-state index contributed by atoms with van der Waals surface area (Å²) in [4.78, 5) is 7.76. The Hall–Kier alpha value is -0.930. The summed E-state index contributed by atoms with van der Waals surface area (Å²) in [5, 5.41) is 0. The van der Waals surface area contributed by atoms with Crippen LogP contribution in [0.15, 0.2) is 24.5 Å². The van der Waals surface area contributed by atoms with Gasteiger partial charge in [-0.05, 0) is 30.9 Å². The minimum atomic E-state index is 0.959. The third-order valence-corrected chi connectivity index (χ3v) is 5.32. The van der Waals surface area contributed by atoms with E-state index in [1.807, 2.05) is 17.3 Å². The Morgan fingerprint density at radius 3 is 2.55 bits per heavy atom. The van der Waals surface area contributed by atoms with Crippen molar-refractivity contribution in [3.63, 3.8) is 0 Å². The molecule has 3 rings (SSSR count). The summed E-state index contributed by atoms with van der Waals surface area (Å²) in [5.41, 5.74) is 1.43. The third-order valence-electron chi connectivity index (χ3n) is 5.32. The third kappa shape index (κ3) is 3.58. The predicted octanol–water partition coefficient (Wildman–Crippen LogP) is -0.0563. The van der Waals surface area contributed by atoms with Crippen molar-refractivity contribution in [2.75, 3.05) is 26.2 Å². The Kier molecular flexibility index (Phi) is 4.69. The molecular formula is C17H29N3+2. The first-order valence-electron chi connectivity index (χ1n) is 8.38. The van der Waals surface area contributed by atoms with Crippen molar-refractivity contribution in [1.82, 2.24) is 4.98 Å². The van der Waals surface area contributed by atoms with Crippen molar-refractivity contribution in [3.05, 3.63) is 30.1 Å². The summed E-state index contributed by atoms with van der Waals surface area (Å²) >= 11 is 0. The normalized spacial score (nSPS) is 34.9. The highest BCUT2D eigenvalue weighted by molar-refractivity contribution is 5.07. The van der Waals surface area contributed by atoms with Crippen LogP contribution >= 0.6 is 0 Å². The van der Waals surface area contributed by atoms with Gasteiger partial charge in [-0.25, -0.2) is 0 Å². The van der Waals surface area contributed by atoms with Crippen LogP contribution in [0.25, 0.3) is 0 Å². The monoisotopic (exact) mass is 275 g/mol. The highest BCUT2D eigenvalue weighted by Gasteiger charge is 2.32. The topological polar surface area (TPSA) is 21.8 Å². The highest BCUT2D eigenvalue weighted by atomic mass is 15.3. The minimum absolute atomic E-state index is 0.959. The largest absolute Gasteiger partial charge is 0.323 e. The first-order chi connectivity index (χ1) is 9.81. The molecule has 110 valence electrons. The first-order valence-corrected chi connectivity index (χ1v) is 8.38. The predicted molar refractivity (Wildman–Crippen MR) is 80.8 cm³/mol. The van der Waals surface area contributed by atoms with E-state index >= 15 is 0 Å². The van der Waals surface area contributed by atoms with Gasteiger partial charge < -0.3 is 9.80 Å². The number of nitrogens with zero attached hydrogens (tertiary/aromatic N) is 1. The molecule has 1 aromatic rings. The molecule has 2 aliphatic rings. The Morgan fingerprint density at radius 1 is 1.10 bits per heavy atom. The first kappa shape index (κ1) is 14.0. The molecule has 0 amide bonds. The lowest BCUT2D eigenvalue weighted by molar-refractivity contribution is -1.03. The Balaban J connectivity index is 1.47. The summed E-state index contributed by atoms with van der Waals surface area (Å²) in [6, 6.07) is 5.28. The van der Waals surface area contributed by atoms with Crippen molar-refractivity contribution in [2.45, 2.75) is 45.2 Å². The van der Waals surface area contributed by atoms with Gasteiger partial charge in [0, 0.05) is 24.4 Å². The maximum absolute atomic E-state index is 4.11. The van der Waals surface area contributed by atoms with E-state index in [4.69, 9.17) is 0 Å². The minimum Gasteiger partial charge on any atom is -0.323 e. The van der Waals surface area contributed by atoms with Crippen LogP contribution in [-0.4, -0.2) is 37.2 Å². The van der Waals surface area contributed by atoms with Crippen LogP contribution in [0.5, 0.6) is 0 Å². The zero-order chi connectivity index (χ0) is 13.8. The van der Waals surface area contributed by atoms with Crippen LogP contribution in [0.2, 0.25) is 0 Å². The van der Waals surface area contributed by atoms with E-state index in [-0.39, 0.29) is 0 Å². The summed E-state index contributed by atoms with van der Waals surface area (Å²) in [5.74, 6) is 0.962. The molecule has 2 atom stereocenters. The smallest absolute Gasteiger partial charge is 0.127 e. The fourth-order valence-corrected chi connectivity index (χ4v) is 4.10. The van der Waals surface area contributed by atoms with Gasteiger partial charge in [0.05, 0.1) is 6.04 Å². The van der Waals surface area contributed by atoms with Crippen molar-refractivity contribution in [1.29, 1.82) is 0 Å². The van der Waals surface area contributed by atoms with Crippen molar-refractivity contribution in [3.8, 4) is 0 Å². The number of hydrogen-bond donors (Lipinski definition) is 2. The molecule has 2 fully saturated rings. The van der Waals surface area contributed by atoms with Gasteiger partial charge in [-0.2, -0.15) is 0 Å². The van der Waals surface area contributed by atoms with Crippen LogP contribution in [0.4, 0.5) is 0 Å². The van der Waals surface area contributed by atoms with Crippen LogP contribution < -0.4 is 9.80 Å². The molecule has 1 saturated carbocycles. The van der Waals surface area contributed by atoms with Gasteiger partial charge in [0.25, 0.3) is 0 Å². The number of nitrogens with one attached hydrogen (secondary N) is 2. The maximum Gasteiger partial charge on any atom is 0.127 e. The lowest BCUT2D eigenvalue weighted by Crippen LogP contribution is -3.29. The van der Waals surface area contributed by atoms with E-state index in [1.54, 1.807) is 4.90 Å². The van der Waals surface area contributed by atoms with Gasteiger partial charge in [0.1, 0.15) is 32.7 Å². The number of quaternary nitrogens is 2. The molecule has 1 aromatic heterocycles. The fraction of sp³-hybridized carbons (Fsp3) is 0.706. The van der Waals surface area contributed by atoms with Gasteiger partial charge in [-0.3, -0.25) is 4.98 Å². The molecular weight excluding hydrogens is 246 g/mol. The van der Waals surface area contributed by atoms with E-state index < -0.39 is 0 Å². The SMILES string of the molecule is CC1CCCC([NH+]2CC[NH+](Cc3ccncc3)CC2)C1. The molecule has 2 heterocycles. The van der Waals surface area contributed by atoms with E-state index in [9.17, 15) is 0 Å². The molecule has 20 heavy (non-hydrogen) atoms. The van der Waals surface area contributed by atoms with E-state index in [1.165, 1.54) is 64.0 Å². The molecule has 0 spiro atoms. The number of aromatic nitrogens is 1. The van der Waals surface area contributed by atoms with Gasteiger partial charge >= 0.3 is 0 Å². The van der Waals surface area contributed by atoms with E-state index in [0.717, 1.165) is 12.0 Å². The van der Waals surface area contributed by atoms with E-state index in [0.29, 0.717) is 0 Å². The van der Waals surface area contributed by atoms with Gasteiger partial charge in [0.15, 0.2) is 0 Å². The molecule has 1 aliphatic heterocycles. The van der Waals surface area contributed by atoms with Gasteiger partial charge in [-0.1, -0.05) is 13.3 Å². The fourth-order valence-electron chi connectivity index (χ4n) is 4.10. The highest BCUT2D eigenvalue weighted by Crippen LogP contribution is 2.21. The zero-order valence-corrected chi connectivity index (χ0v) is 12.8. The van der Waals surface area contributed by atoms with Crippen LogP contribution in [0.1, 0.15) is 38.2 Å². The van der Waals surface area contributed by atoms with Crippen molar-refractivity contribution < 1.29 is 9.80 Å². The summed E-state index contributed by atoms with van der Waals surface area (Å²) in [7, 11) is 0. The number of pyridine rings is 1. The molecule has 2 unspecified atom stereocenters. The maximum atomic E-state index is 4.11. The van der Waals surface area contributed by atoms with Crippen molar-refractivity contribution in [2.24, 2.45) is 5.92 Å². The second-order valence-electron chi connectivity index (χ2n) is 6.91. The van der Waals surface area contributed by atoms with Crippen LogP contribution in [0.3, 0.4) is 0 Å². The molecule has 3 heteroatoms. The Labute approximate surface area is 123 Å². The quantitative estimate of drug-likeness (QED) is 0.793. The molecule has 0 bridgehead atoms. The Morgan fingerprint density at radius 2 is 1.85 bits per heavy atom. The zero-order valence-electron chi connectivity index (χ0n) is 12.8. The molecule has 0 radical (unpaired) electrons. The molecule has 3 nitrogen and oxygen atoms in total. The summed E-state index contributed by atoms with van der Waals surface area (Å²) in [6.07, 6.45) is 9.69. The van der Waals surface area contributed by atoms with Crippen LogP contribution in [0, 0.1) is 5.92 Å². The number of rotatable bonds is 3. The molecule has 1 saturated heterocycles. The number of hydrogen-bond acceptors (Lipinski definition) is 1. The van der Waals surface area contributed by atoms with Gasteiger partial charge in [0.2, 0.25) is 0 Å². The summed E-state index contributed by atoms with van der Waals surface area (Å²) in [6.45, 7) is 9.04. The second-order valence-corrected chi connectivity index (χ2v) is 6.91.